The Morgan fingerprint density at radius 2 is 1.96 bits per heavy atom. The molecule has 24 heavy (non-hydrogen) atoms. The Balaban J connectivity index is 2.59. The quantitative estimate of drug-likeness (QED) is 0.828. The molecule has 0 fully saturated rings. The first-order chi connectivity index (χ1) is 11.5. The zero-order chi connectivity index (χ0) is 17.7. The number of carbonyl (C=O) groups is 1. The number of hydrogen-bond acceptors (Lipinski definition) is 4. The molecule has 0 amide bonds. The van der Waals surface area contributed by atoms with Gasteiger partial charge in [0.25, 0.3) is 0 Å². The van der Waals surface area contributed by atoms with Gasteiger partial charge in [0, 0.05) is 11.4 Å². The number of benzene rings is 1. The number of methoxy groups -OCH3 is 1. The molecule has 1 aromatic carbocycles. The maximum absolute atomic E-state index is 12.4. The van der Waals surface area contributed by atoms with Crippen LogP contribution in [0.15, 0.2) is 46.8 Å². The number of ether oxygens (including phenoxy) is 1. The first-order valence-electron chi connectivity index (χ1n) is 8.29. The average Bonchev–Trinajstić information content (AvgIpc) is 2.59. The van der Waals surface area contributed by atoms with Gasteiger partial charge in [-0.15, -0.1) is 0 Å². The van der Waals surface area contributed by atoms with Crippen LogP contribution in [-0.2, 0) is 9.53 Å². The molecule has 0 saturated carbocycles. The highest BCUT2D eigenvalue weighted by molar-refractivity contribution is 5.93. The van der Waals surface area contributed by atoms with Crippen LogP contribution in [0.25, 0.3) is 0 Å². The summed E-state index contributed by atoms with van der Waals surface area (Å²) in [6.45, 7) is 6.01. The van der Waals surface area contributed by atoms with E-state index in [-0.39, 0.29) is 5.92 Å². The summed E-state index contributed by atoms with van der Waals surface area (Å²) in [5.41, 5.74) is 4.87. The third-order valence-corrected chi connectivity index (χ3v) is 4.36. The monoisotopic (exact) mass is 324 g/mol. The fourth-order valence-electron chi connectivity index (χ4n) is 3.05. The molecular formula is C20H24N2O2. The van der Waals surface area contributed by atoms with Crippen LogP contribution in [-0.4, -0.2) is 13.1 Å². The third kappa shape index (κ3) is 3.51. The molecule has 0 radical (unpaired) electrons. The Hall–Kier alpha value is -2.54. The van der Waals surface area contributed by atoms with Crippen molar-refractivity contribution in [3.8, 4) is 6.07 Å². The molecule has 0 saturated heterocycles. The van der Waals surface area contributed by atoms with E-state index in [9.17, 15) is 10.1 Å². The van der Waals surface area contributed by atoms with E-state index in [4.69, 9.17) is 4.74 Å². The molecule has 2 rings (SSSR count). The predicted molar refractivity (Wildman–Crippen MR) is 93.9 cm³/mol. The van der Waals surface area contributed by atoms with E-state index in [1.165, 1.54) is 7.11 Å². The molecular weight excluding hydrogens is 300 g/mol. The fourth-order valence-corrected chi connectivity index (χ4v) is 3.05. The van der Waals surface area contributed by atoms with Crippen LogP contribution in [0.5, 0.6) is 0 Å². The third-order valence-electron chi connectivity index (χ3n) is 4.36. The largest absolute Gasteiger partial charge is 0.466 e. The second-order valence-corrected chi connectivity index (χ2v) is 6.11. The summed E-state index contributed by atoms with van der Waals surface area (Å²) in [5.74, 6) is -0.774. The standard InChI is InChI=1S/C20H24N2O2/c1-5-6-7-17-16(12-21)19(15-10-8-13(2)9-11-15)18(14(3)22-17)20(23)24-4/h8-11,19,22H,5-7H2,1-4H3. The second kappa shape index (κ2) is 7.83. The molecule has 4 nitrogen and oxygen atoms in total. The number of carbonyl (C=O) groups excluding carboxylic acids is 1. The van der Waals surface area contributed by atoms with Crippen LogP contribution in [0.2, 0.25) is 0 Å². The Morgan fingerprint density at radius 1 is 1.29 bits per heavy atom. The lowest BCUT2D eigenvalue weighted by Gasteiger charge is -2.29. The van der Waals surface area contributed by atoms with E-state index in [1.807, 2.05) is 38.1 Å². The van der Waals surface area contributed by atoms with Crippen LogP contribution in [0.1, 0.15) is 50.2 Å². The lowest BCUT2D eigenvalue weighted by atomic mass is 9.80. The summed E-state index contributed by atoms with van der Waals surface area (Å²) in [6.07, 6.45) is 2.84. The van der Waals surface area contributed by atoms with Crippen LogP contribution >= 0.6 is 0 Å². The normalized spacial score (nSPS) is 17.4. The number of nitrogens with one attached hydrogen (secondary N) is 1. The van der Waals surface area contributed by atoms with Crippen LogP contribution in [0.3, 0.4) is 0 Å². The van der Waals surface area contributed by atoms with Crippen molar-refractivity contribution in [2.75, 3.05) is 7.11 Å². The van der Waals surface area contributed by atoms with Crippen molar-refractivity contribution in [3.63, 3.8) is 0 Å². The summed E-state index contributed by atoms with van der Waals surface area (Å²) >= 11 is 0. The van der Waals surface area contributed by atoms with Crippen molar-refractivity contribution < 1.29 is 9.53 Å². The van der Waals surface area contributed by atoms with Gasteiger partial charge in [0.2, 0.25) is 0 Å². The van der Waals surface area contributed by atoms with E-state index in [2.05, 4.69) is 18.3 Å². The molecule has 0 aliphatic carbocycles. The fraction of sp³-hybridized carbons (Fsp3) is 0.400. The number of nitrogens with zero attached hydrogens (tertiary/aromatic N) is 1. The minimum Gasteiger partial charge on any atom is -0.466 e. The lowest BCUT2D eigenvalue weighted by molar-refractivity contribution is -0.136. The van der Waals surface area contributed by atoms with Gasteiger partial charge in [0.05, 0.1) is 30.2 Å². The topological polar surface area (TPSA) is 62.1 Å². The van der Waals surface area contributed by atoms with E-state index in [0.29, 0.717) is 11.1 Å². The van der Waals surface area contributed by atoms with Crippen LogP contribution in [0, 0.1) is 18.3 Å². The Kier molecular flexibility index (Phi) is 5.81. The number of dihydropyridines is 1. The maximum Gasteiger partial charge on any atom is 0.336 e. The van der Waals surface area contributed by atoms with Crippen LogP contribution in [0.4, 0.5) is 0 Å². The molecule has 1 aliphatic heterocycles. The molecule has 0 spiro atoms. The number of esters is 1. The SMILES string of the molecule is CCCCC1=C(C#N)C(c2ccc(C)cc2)C(C(=O)OC)=C(C)N1. The molecule has 4 heteroatoms. The van der Waals surface area contributed by atoms with Gasteiger partial charge in [-0.05, 0) is 32.3 Å². The average molecular weight is 324 g/mol. The van der Waals surface area contributed by atoms with Gasteiger partial charge < -0.3 is 10.1 Å². The molecule has 1 aliphatic rings. The molecule has 0 bridgehead atoms. The molecule has 1 N–H and O–H groups in total. The molecule has 1 heterocycles. The Bertz CT molecular complexity index is 721. The van der Waals surface area contributed by atoms with E-state index in [1.54, 1.807) is 0 Å². The molecule has 126 valence electrons. The second-order valence-electron chi connectivity index (χ2n) is 6.11. The first-order valence-corrected chi connectivity index (χ1v) is 8.29. The molecule has 1 aromatic rings. The van der Waals surface area contributed by atoms with Gasteiger partial charge in [0.1, 0.15) is 0 Å². The number of hydrogen-bond donors (Lipinski definition) is 1. The molecule has 1 unspecified atom stereocenters. The highest BCUT2D eigenvalue weighted by Crippen LogP contribution is 2.39. The minimum atomic E-state index is -0.395. The lowest BCUT2D eigenvalue weighted by Crippen LogP contribution is -2.29. The van der Waals surface area contributed by atoms with Crippen molar-refractivity contribution in [1.82, 2.24) is 5.32 Å². The van der Waals surface area contributed by atoms with Crippen molar-refractivity contribution in [3.05, 3.63) is 57.9 Å². The number of allylic oxidation sites excluding steroid dienone is 3. The van der Waals surface area contributed by atoms with Crippen molar-refractivity contribution in [2.45, 2.75) is 46.0 Å². The van der Waals surface area contributed by atoms with E-state index >= 15 is 0 Å². The predicted octanol–water partition coefficient (Wildman–Crippen LogP) is 4.10. The summed E-state index contributed by atoms with van der Waals surface area (Å²) < 4.78 is 4.98. The highest BCUT2D eigenvalue weighted by Gasteiger charge is 2.34. The maximum atomic E-state index is 12.4. The Morgan fingerprint density at radius 3 is 2.50 bits per heavy atom. The van der Waals surface area contributed by atoms with Crippen molar-refractivity contribution in [1.29, 1.82) is 5.26 Å². The van der Waals surface area contributed by atoms with E-state index < -0.39 is 5.97 Å². The van der Waals surface area contributed by atoms with Gasteiger partial charge in [-0.25, -0.2) is 4.79 Å². The smallest absolute Gasteiger partial charge is 0.336 e. The number of aryl methyl sites for hydroxylation is 1. The van der Waals surface area contributed by atoms with Gasteiger partial charge in [-0.3, -0.25) is 0 Å². The number of nitriles is 1. The van der Waals surface area contributed by atoms with Gasteiger partial charge in [-0.1, -0.05) is 43.2 Å². The highest BCUT2D eigenvalue weighted by atomic mass is 16.5. The van der Waals surface area contributed by atoms with Crippen molar-refractivity contribution >= 4 is 5.97 Å². The van der Waals surface area contributed by atoms with Gasteiger partial charge in [-0.2, -0.15) is 5.26 Å². The number of unbranched alkanes of at least 4 members (excludes halogenated alkanes) is 1. The summed E-state index contributed by atoms with van der Waals surface area (Å²) in [4.78, 5) is 12.4. The summed E-state index contributed by atoms with van der Waals surface area (Å²) in [6, 6.07) is 10.3. The van der Waals surface area contributed by atoms with Crippen molar-refractivity contribution in [2.24, 2.45) is 0 Å². The summed E-state index contributed by atoms with van der Waals surface area (Å²) in [7, 11) is 1.37. The Labute approximate surface area is 143 Å². The zero-order valence-corrected chi connectivity index (χ0v) is 14.8. The first kappa shape index (κ1) is 17.8. The summed E-state index contributed by atoms with van der Waals surface area (Å²) in [5, 5.41) is 13.0. The zero-order valence-electron chi connectivity index (χ0n) is 14.8. The number of rotatable bonds is 5. The molecule has 0 aromatic heterocycles. The van der Waals surface area contributed by atoms with Gasteiger partial charge >= 0.3 is 5.97 Å². The minimum absolute atomic E-state index is 0.379. The molecule has 1 atom stereocenters. The van der Waals surface area contributed by atoms with E-state index in [0.717, 1.165) is 41.8 Å². The van der Waals surface area contributed by atoms with Gasteiger partial charge in [0.15, 0.2) is 0 Å². The van der Waals surface area contributed by atoms with Crippen LogP contribution < -0.4 is 5.32 Å².